The molecule has 46 heavy (non-hydrogen) atoms. The van der Waals surface area contributed by atoms with E-state index in [9.17, 15) is 0 Å². The second kappa shape index (κ2) is 9.18. The average Bonchev–Trinajstić information content (AvgIpc) is 3.39. The molecule has 5 heterocycles. The maximum absolute atomic E-state index is 15.5. The number of rotatable bonds is 0. The zero-order chi connectivity index (χ0) is 31.9. The fourth-order valence-electron chi connectivity index (χ4n) is 10.5. The SMILES string of the molecule is Cc1cc(C)c2c(c1)[C@@]1(C(=O)N2C)[C@H]2c3ccccc3CCN2[C@]2(C(=O)N(C)c3c(C)cc(C)cc32)[C@H]2c3ccccc3CCN21. The normalized spacial score (nSPS) is 27.9. The Morgan fingerprint density at radius 3 is 1.39 bits per heavy atom. The third kappa shape index (κ3) is 3.05. The molecular formula is C40H40N4O2. The Labute approximate surface area is 271 Å². The van der Waals surface area contributed by atoms with Crippen molar-refractivity contribution in [2.45, 2.75) is 63.7 Å². The van der Waals surface area contributed by atoms with Crippen LogP contribution < -0.4 is 9.80 Å². The molecule has 0 radical (unpaired) electrons. The van der Waals surface area contributed by atoms with Gasteiger partial charge in [0, 0.05) is 38.3 Å². The summed E-state index contributed by atoms with van der Waals surface area (Å²) in [5.74, 6) is 0.197. The van der Waals surface area contributed by atoms with Gasteiger partial charge in [-0.1, -0.05) is 83.9 Å². The van der Waals surface area contributed by atoms with Gasteiger partial charge in [0.1, 0.15) is 11.1 Å². The number of hydrogen-bond acceptors (Lipinski definition) is 4. The van der Waals surface area contributed by atoms with Gasteiger partial charge in [-0.25, -0.2) is 0 Å². The number of amides is 2. The van der Waals surface area contributed by atoms with Gasteiger partial charge in [-0.2, -0.15) is 0 Å². The molecule has 4 aromatic carbocycles. The molecule has 0 aromatic heterocycles. The third-order valence-corrected chi connectivity index (χ3v) is 11.9. The Morgan fingerprint density at radius 2 is 0.978 bits per heavy atom. The molecule has 0 unspecified atom stereocenters. The van der Waals surface area contributed by atoms with Crippen LogP contribution in [0.2, 0.25) is 0 Å². The summed E-state index contributed by atoms with van der Waals surface area (Å²) in [6, 6.07) is 25.5. The van der Waals surface area contributed by atoms with Crippen molar-refractivity contribution in [2.24, 2.45) is 0 Å². The zero-order valence-corrected chi connectivity index (χ0v) is 27.5. The van der Waals surface area contributed by atoms with Gasteiger partial charge in [0.15, 0.2) is 0 Å². The lowest BCUT2D eigenvalue weighted by molar-refractivity contribution is -0.192. The minimum absolute atomic E-state index is 0.0987. The number of carbonyl (C=O) groups is 2. The lowest BCUT2D eigenvalue weighted by atomic mass is 9.62. The number of hydrogen-bond donors (Lipinski definition) is 0. The summed E-state index contributed by atoms with van der Waals surface area (Å²) in [5, 5.41) is 0. The van der Waals surface area contributed by atoms with Crippen LogP contribution in [-0.4, -0.2) is 48.8 Å². The highest BCUT2D eigenvalue weighted by Crippen LogP contribution is 2.69. The van der Waals surface area contributed by atoms with Crippen LogP contribution >= 0.6 is 0 Å². The number of nitrogens with zero attached hydrogens (tertiary/aromatic N) is 4. The van der Waals surface area contributed by atoms with E-state index in [-0.39, 0.29) is 23.9 Å². The van der Waals surface area contributed by atoms with E-state index >= 15 is 9.59 Å². The molecule has 4 atom stereocenters. The zero-order valence-electron chi connectivity index (χ0n) is 27.5. The molecule has 6 heteroatoms. The summed E-state index contributed by atoms with van der Waals surface area (Å²) < 4.78 is 0. The number of fused-ring (bicyclic) bond motifs is 14. The Morgan fingerprint density at radius 1 is 0.587 bits per heavy atom. The average molecular weight is 609 g/mol. The number of anilines is 2. The first-order chi connectivity index (χ1) is 22.1. The molecule has 2 spiro atoms. The summed E-state index contributed by atoms with van der Waals surface area (Å²) in [6.45, 7) is 9.90. The van der Waals surface area contributed by atoms with Gasteiger partial charge in [0.25, 0.3) is 11.8 Å². The first-order valence-electron chi connectivity index (χ1n) is 16.6. The van der Waals surface area contributed by atoms with E-state index in [2.05, 4.69) is 110 Å². The van der Waals surface area contributed by atoms with Crippen molar-refractivity contribution in [1.82, 2.24) is 9.80 Å². The quantitative estimate of drug-likeness (QED) is 0.239. The topological polar surface area (TPSA) is 47.1 Å². The lowest BCUT2D eigenvalue weighted by Gasteiger charge is -2.66. The molecule has 232 valence electrons. The Kier molecular flexibility index (Phi) is 5.59. The fraction of sp³-hybridized carbons (Fsp3) is 0.350. The van der Waals surface area contributed by atoms with Crippen LogP contribution in [0.25, 0.3) is 0 Å². The monoisotopic (exact) mass is 608 g/mol. The van der Waals surface area contributed by atoms with Gasteiger partial charge in [-0.3, -0.25) is 19.4 Å². The molecule has 9 rings (SSSR count). The van der Waals surface area contributed by atoms with E-state index in [0.717, 1.165) is 68.7 Å². The predicted octanol–water partition coefficient (Wildman–Crippen LogP) is 6.18. The van der Waals surface area contributed by atoms with Gasteiger partial charge < -0.3 is 9.80 Å². The largest absolute Gasteiger partial charge is 0.313 e. The van der Waals surface area contributed by atoms with E-state index in [4.69, 9.17) is 0 Å². The molecule has 1 fully saturated rings. The minimum atomic E-state index is -1.01. The minimum Gasteiger partial charge on any atom is -0.313 e. The summed E-state index contributed by atoms with van der Waals surface area (Å²) in [5.41, 5.74) is 11.5. The maximum atomic E-state index is 15.5. The van der Waals surface area contributed by atoms with Gasteiger partial charge in [-0.05, 0) is 73.9 Å². The molecule has 2 amide bonds. The van der Waals surface area contributed by atoms with E-state index < -0.39 is 11.1 Å². The molecule has 5 aliphatic rings. The summed E-state index contributed by atoms with van der Waals surface area (Å²) in [7, 11) is 3.90. The molecule has 0 N–H and O–H groups in total. The summed E-state index contributed by atoms with van der Waals surface area (Å²) >= 11 is 0. The van der Waals surface area contributed by atoms with Crippen molar-refractivity contribution >= 4 is 23.2 Å². The molecule has 1 saturated heterocycles. The smallest absolute Gasteiger partial charge is 0.253 e. The van der Waals surface area contributed by atoms with E-state index in [1.54, 1.807) is 0 Å². The van der Waals surface area contributed by atoms with Crippen molar-refractivity contribution < 1.29 is 9.59 Å². The van der Waals surface area contributed by atoms with E-state index in [1.807, 2.05) is 23.9 Å². The van der Waals surface area contributed by atoms with Crippen LogP contribution in [0, 0.1) is 27.7 Å². The van der Waals surface area contributed by atoms with Crippen LogP contribution in [0.1, 0.15) is 67.7 Å². The Bertz CT molecular complexity index is 1890. The standard InChI is InChI=1S/C40H40N4O2/c1-23-19-25(3)33-31(21-23)39(37(45)41(33)5)35-29-13-9-7-11-27(29)16-18-44(35)40(36-30-14-10-8-12-28(30)15-17-43(36)39)32-22-24(2)20-26(4)34(32)42(6)38(40)46/h7-14,19-22,35-36H,15-18H2,1-6H3/t35-,36-,39+,40+/m1/s1. The molecule has 4 aromatic rings. The molecule has 6 nitrogen and oxygen atoms in total. The molecule has 0 bridgehead atoms. The van der Waals surface area contributed by atoms with Crippen LogP contribution in [-0.2, 0) is 33.5 Å². The number of benzene rings is 4. The Balaban J connectivity index is 1.48. The van der Waals surface area contributed by atoms with Crippen LogP contribution in [0.15, 0.2) is 72.8 Å². The van der Waals surface area contributed by atoms with Crippen molar-refractivity contribution in [2.75, 3.05) is 37.0 Å². The number of carbonyl (C=O) groups excluding carboxylic acids is 2. The second-order valence-electron chi connectivity index (χ2n) is 14.3. The van der Waals surface area contributed by atoms with Crippen molar-refractivity contribution in [1.29, 1.82) is 0 Å². The van der Waals surface area contributed by atoms with Crippen molar-refractivity contribution in [3.05, 3.63) is 128 Å². The molecular weight excluding hydrogens is 568 g/mol. The molecule has 0 saturated carbocycles. The predicted molar refractivity (Wildman–Crippen MR) is 181 cm³/mol. The van der Waals surface area contributed by atoms with Crippen LogP contribution in [0.4, 0.5) is 11.4 Å². The second-order valence-corrected chi connectivity index (χ2v) is 14.3. The maximum Gasteiger partial charge on any atom is 0.253 e. The third-order valence-electron chi connectivity index (χ3n) is 11.9. The van der Waals surface area contributed by atoms with Crippen LogP contribution in [0.3, 0.4) is 0 Å². The molecule has 5 aliphatic heterocycles. The molecule has 0 aliphatic carbocycles. The number of piperazine rings is 1. The Hall–Kier alpha value is -4.26. The van der Waals surface area contributed by atoms with Gasteiger partial charge >= 0.3 is 0 Å². The van der Waals surface area contributed by atoms with E-state index in [1.165, 1.54) is 11.1 Å². The summed E-state index contributed by atoms with van der Waals surface area (Å²) in [6.07, 6.45) is 1.64. The highest BCUT2D eigenvalue weighted by atomic mass is 16.2. The first-order valence-corrected chi connectivity index (χ1v) is 16.6. The number of likely N-dealkylation sites (N-methyl/N-ethyl adjacent to an activating group) is 2. The lowest BCUT2D eigenvalue weighted by Crippen LogP contribution is -2.76. The van der Waals surface area contributed by atoms with Crippen molar-refractivity contribution in [3.63, 3.8) is 0 Å². The highest BCUT2D eigenvalue weighted by molar-refractivity contribution is 6.12. The number of aryl methyl sites for hydroxylation is 4. The van der Waals surface area contributed by atoms with Gasteiger partial charge in [-0.15, -0.1) is 0 Å². The summed E-state index contributed by atoms with van der Waals surface area (Å²) in [4.78, 5) is 39.8. The fourth-order valence-corrected chi connectivity index (χ4v) is 10.5. The van der Waals surface area contributed by atoms with Gasteiger partial charge in [0.2, 0.25) is 0 Å². The van der Waals surface area contributed by atoms with Gasteiger partial charge in [0.05, 0.1) is 23.5 Å². The highest BCUT2D eigenvalue weighted by Gasteiger charge is 2.75. The first kappa shape index (κ1) is 28.0. The van der Waals surface area contributed by atoms with Crippen molar-refractivity contribution in [3.8, 4) is 0 Å². The van der Waals surface area contributed by atoms with E-state index in [0.29, 0.717) is 13.1 Å². The van der Waals surface area contributed by atoms with Crippen LogP contribution in [0.5, 0.6) is 0 Å².